The summed E-state index contributed by atoms with van der Waals surface area (Å²) >= 11 is 0. The van der Waals surface area contributed by atoms with Gasteiger partial charge in [-0.05, 0) is 18.6 Å². The lowest BCUT2D eigenvalue weighted by molar-refractivity contribution is -0.133. The van der Waals surface area contributed by atoms with E-state index in [1.165, 1.54) is 11.0 Å². The summed E-state index contributed by atoms with van der Waals surface area (Å²) in [7, 11) is -3.09. The molecule has 1 aromatic heterocycles. The molecule has 1 fully saturated rings. The molecule has 3 rings (SSSR count). The minimum Gasteiger partial charge on any atom is -0.340 e. The molecule has 1 atom stereocenters. The van der Waals surface area contributed by atoms with Crippen LogP contribution in [0.25, 0.3) is 0 Å². The van der Waals surface area contributed by atoms with Gasteiger partial charge in [-0.3, -0.25) is 14.7 Å². The number of rotatable bonds is 4. The Balaban J connectivity index is 1.47. The van der Waals surface area contributed by atoms with Crippen molar-refractivity contribution in [3.05, 3.63) is 41.1 Å². The average Bonchev–Trinajstić information content (AvgIpc) is 2.89. The van der Waals surface area contributed by atoms with Gasteiger partial charge in [-0.2, -0.15) is 0 Å². The second-order valence-electron chi connectivity index (χ2n) is 6.55. The molecule has 24 heavy (non-hydrogen) atoms. The van der Waals surface area contributed by atoms with E-state index < -0.39 is 9.84 Å². The maximum atomic E-state index is 12.4. The summed E-state index contributed by atoms with van der Waals surface area (Å²) in [5, 5.41) is 1.23. The van der Waals surface area contributed by atoms with Gasteiger partial charge in [0.15, 0.2) is 9.84 Å². The van der Waals surface area contributed by atoms with Crippen molar-refractivity contribution in [1.82, 2.24) is 14.8 Å². The van der Waals surface area contributed by atoms with Gasteiger partial charge >= 0.3 is 0 Å². The fraction of sp³-hybridized carbons (Fsp3) is 0.529. The minimum absolute atomic E-state index is 0.0513. The lowest BCUT2D eigenvalue weighted by atomic mass is 10.1. The number of nitrogens with zero attached hydrogens (tertiary/aromatic N) is 3. The smallest absolute Gasteiger partial charge is 0.223 e. The van der Waals surface area contributed by atoms with Crippen molar-refractivity contribution in [2.75, 3.05) is 31.9 Å². The number of hydrogen-bond acceptors (Lipinski definition) is 5. The van der Waals surface area contributed by atoms with E-state index in [0.717, 1.165) is 25.3 Å². The second-order valence-corrected chi connectivity index (χ2v) is 8.48. The number of allylic oxidation sites excluding steroid dienone is 1. The highest BCUT2D eigenvalue weighted by molar-refractivity contribution is 7.94. The molecule has 130 valence electrons. The van der Waals surface area contributed by atoms with Crippen LogP contribution in [0.15, 0.2) is 29.8 Å². The standard InChI is InChI=1S/C17H23N3O3S/c1-14-3-2-5-18-16(14)12-19-6-8-20(9-7-19)17(21)11-15-4-10-24(22,23)13-15/h2-5,10,15H,6-9,11-13H2,1H3/t15-/m1/s1. The van der Waals surface area contributed by atoms with E-state index in [-0.39, 0.29) is 24.0 Å². The van der Waals surface area contributed by atoms with Crippen molar-refractivity contribution < 1.29 is 13.2 Å². The molecule has 1 amide bonds. The van der Waals surface area contributed by atoms with Crippen LogP contribution in [0.5, 0.6) is 0 Å². The average molecular weight is 349 g/mol. The van der Waals surface area contributed by atoms with Gasteiger partial charge in [-0.1, -0.05) is 12.1 Å². The number of carbonyl (C=O) groups is 1. The molecule has 1 saturated heterocycles. The number of carbonyl (C=O) groups excluding carboxylic acids is 1. The highest BCUT2D eigenvalue weighted by Crippen LogP contribution is 2.20. The van der Waals surface area contributed by atoms with Crippen LogP contribution in [0, 0.1) is 12.8 Å². The SMILES string of the molecule is Cc1cccnc1CN1CCN(C(=O)C[C@H]2C=CS(=O)(=O)C2)CC1. The molecule has 7 heteroatoms. The summed E-state index contributed by atoms with van der Waals surface area (Å²) < 4.78 is 22.8. The summed E-state index contributed by atoms with van der Waals surface area (Å²) in [5.41, 5.74) is 2.27. The van der Waals surface area contributed by atoms with E-state index in [1.807, 2.05) is 17.2 Å². The first kappa shape index (κ1) is 17.1. The van der Waals surface area contributed by atoms with Crippen LogP contribution in [0.3, 0.4) is 0 Å². The van der Waals surface area contributed by atoms with Crippen molar-refractivity contribution in [3.63, 3.8) is 0 Å². The van der Waals surface area contributed by atoms with Gasteiger partial charge in [0, 0.05) is 56.7 Å². The quantitative estimate of drug-likeness (QED) is 0.810. The molecule has 0 saturated carbocycles. The predicted molar refractivity (Wildman–Crippen MR) is 91.9 cm³/mol. The summed E-state index contributed by atoms with van der Waals surface area (Å²) in [6, 6.07) is 4.00. The molecule has 0 unspecified atom stereocenters. The molecule has 0 spiro atoms. The monoisotopic (exact) mass is 349 g/mol. The molecular weight excluding hydrogens is 326 g/mol. The Morgan fingerprint density at radius 1 is 1.29 bits per heavy atom. The van der Waals surface area contributed by atoms with Crippen LogP contribution in [0.2, 0.25) is 0 Å². The Kier molecular flexibility index (Phi) is 5.01. The molecule has 0 N–H and O–H groups in total. The second kappa shape index (κ2) is 7.03. The zero-order valence-electron chi connectivity index (χ0n) is 13.9. The number of aryl methyl sites for hydroxylation is 1. The summed E-state index contributed by atoms with van der Waals surface area (Å²) in [6.45, 7) is 5.88. The molecule has 0 aliphatic carbocycles. The molecule has 0 aromatic carbocycles. The van der Waals surface area contributed by atoms with Gasteiger partial charge in [-0.15, -0.1) is 0 Å². The maximum absolute atomic E-state index is 12.4. The first-order valence-electron chi connectivity index (χ1n) is 8.24. The van der Waals surface area contributed by atoms with Gasteiger partial charge in [0.1, 0.15) is 0 Å². The maximum Gasteiger partial charge on any atom is 0.223 e. The number of sulfone groups is 1. The minimum atomic E-state index is -3.09. The molecule has 2 aliphatic rings. The summed E-state index contributed by atoms with van der Waals surface area (Å²) in [4.78, 5) is 20.9. The van der Waals surface area contributed by atoms with Gasteiger partial charge < -0.3 is 4.90 Å². The Morgan fingerprint density at radius 3 is 2.67 bits per heavy atom. The lowest BCUT2D eigenvalue weighted by Gasteiger charge is -2.35. The Morgan fingerprint density at radius 2 is 2.04 bits per heavy atom. The molecule has 3 heterocycles. The zero-order chi connectivity index (χ0) is 17.2. The fourth-order valence-corrected chi connectivity index (χ4v) is 4.57. The third kappa shape index (κ3) is 4.21. The van der Waals surface area contributed by atoms with Crippen LogP contribution < -0.4 is 0 Å². The Labute approximate surface area is 143 Å². The largest absolute Gasteiger partial charge is 0.340 e. The molecular formula is C17H23N3O3S. The Hall–Kier alpha value is -1.73. The van der Waals surface area contributed by atoms with Crippen molar-refractivity contribution in [1.29, 1.82) is 0 Å². The van der Waals surface area contributed by atoms with Crippen molar-refractivity contribution in [3.8, 4) is 0 Å². The first-order valence-corrected chi connectivity index (χ1v) is 9.96. The number of aromatic nitrogens is 1. The van der Waals surface area contributed by atoms with Crippen LogP contribution >= 0.6 is 0 Å². The summed E-state index contributed by atoms with van der Waals surface area (Å²) in [6.07, 6.45) is 3.74. The molecule has 1 aromatic rings. The van der Waals surface area contributed by atoms with Gasteiger partial charge in [0.25, 0.3) is 0 Å². The van der Waals surface area contributed by atoms with Gasteiger partial charge in [0.2, 0.25) is 5.91 Å². The van der Waals surface area contributed by atoms with Crippen LogP contribution in [-0.4, -0.2) is 61.0 Å². The van der Waals surface area contributed by atoms with Crippen molar-refractivity contribution in [2.45, 2.75) is 19.9 Å². The zero-order valence-corrected chi connectivity index (χ0v) is 14.7. The van der Waals surface area contributed by atoms with Crippen molar-refractivity contribution >= 4 is 15.7 Å². The number of amides is 1. The summed E-state index contributed by atoms with van der Waals surface area (Å²) in [5.74, 6) is -0.0513. The number of piperazine rings is 1. The molecule has 6 nitrogen and oxygen atoms in total. The van der Waals surface area contributed by atoms with E-state index in [2.05, 4.69) is 22.9 Å². The number of hydrogen-bond donors (Lipinski definition) is 0. The fourth-order valence-electron chi connectivity index (χ4n) is 3.17. The normalized spacial score (nSPS) is 23.5. The van der Waals surface area contributed by atoms with Crippen LogP contribution in [-0.2, 0) is 21.2 Å². The van der Waals surface area contributed by atoms with Gasteiger partial charge in [-0.25, -0.2) is 8.42 Å². The van der Waals surface area contributed by atoms with E-state index in [0.29, 0.717) is 13.1 Å². The van der Waals surface area contributed by atoms with E-state index in [4.69, 9.17) is 0 Å². The third-order valence-electron chi connectivity index (χ3n) is 4.66. The molecule has 2 aliphatic heterocycles. The van der Waals surface area contributed by atoms with E-state index >= 15 is 0 Å². The van der Waals surface area contributed by atoms with E-state index in [9.17, 15) is 13.2 Å². The Bertz CT molecular complexity index is 737. The predicted octanol–water partition coefficient (Wildman–Crippen LogP) is 0.983. The van der Waals surface area contributed by atoms with E-state index in [1.54, 1.807) is 6.08 Å². The highest BCUT2D eigenvalue weighted by Gasteiger charge is 2.27. The molecule has 0 radical (unpaired) electrons. The number of pyridine rings is 1. The topological polar surface area (TPSA) is 70.6 Å². The van der Waals surface area contributed by atoms with Crippen LogP contribution in [0.1, 0.15) is 17.7 Å². The molecule has 0 bridgehead atoms. The highest BCUT2D eigenvalue weighted by atomic mass is 32.2. The van der Waals surface area contributed by atoms with Crippen molar-refractivity contribution in [2.24, 2.45) is 5.92 Å². The first-order chi connectivity index (χ1) is 11.4. The lowest BCUT2D eigenvalue weighted by Crippen LogP contribution is -2.48. The third-order valence-corrected chi connectivity index (χ3v) is 6.12. The van der Waals surface area contributed by atoms with Crippen LogP contribution in [0.4, 0.5) is 0 Å². The van der Waals surface area contributed by atoms with Gasteiger partial charge in [0.05, 0.1) is 11.4 Å².